The molecule has 0 spiro atoms. The summed E-state index contributed by atoms with van der Waals surface area (Å²) in [6.07, 6.45) is 2.94. The lowest BCUT2D eigenvalue weighted by molar-refractivity contribution is 0.579. The van der Waals surface area contributed by atoms with Crippen molar-refractivity contribution in [3.8, 4) is 0 Å². The highest BCUT2D eigenvalue weighted by molar-refractivity contribution is 9.11. The first-order valence-corrected chi connectivity index (χ1v) is 8.67. The van der Waals surface area contributed by atoms with Gasteiger partial charge in [0.25, 0.3) is 0 Å². The fourth-order valence-electron chi connectivity index (χ4n) is 1.50. The van der Waals surface area contributed by atoms with Gasteiger partial charge in [-0.3, -0.25) is 0 Å². The Hall–Kier alpha value is -0.830. The van der Waals surface area contributed by atoms with Crippen LogP contribution in [0.1, 0.15) is 11.3 Å². The molecule has 2 aromatic rings. The molecular formula is C12H11Br2N3O2S. The van der Waals surface area contributed by atoms with Crippen LogP contribution in [0.4, 0.5) is 0 Å². The number of sulfonamides is 1. The van der Waals surface area contributed by atoms with Crippen molar-refractivity contribution in [3.63, 3.8) is 0 Å². The molecule has 5 nitrogen and oxygen atoms in total. The minimum Gasteiger partial charge on any atom is -0.245 e. The first-order chi connectivity index (χ1) is 9.40. The van der Waals surface area contributed by atoms with Crippen molar-refractivity contribution in [2.45, 2.75) is 18.4 Å². The molecule has 0 bridgehead atoms. The molecule has 0 aliphatic rings. The summed E-state index contributed by atoms with van der Waals surface area (Å²) in [6, 6.07) is 4.98. The second-order valence-corrected chi connectivity index (χ2v) is 7.50. The first-order valence-electron chi connectivity index (χ1n) is 5.60. The molecule has 0 aliphatic carbocycles. The van der Waals surface area contributed by atoms with Gasteiger partial charge in [-0.15, -0.1) is 0 Å². The van der Waals surface area contributed by atoms with Gasteiger partial charge in [-0.05, 0) is 46.6 Å². The van der Waals surface area contributed by atoms with Crippen molar-refractivity contribution in [1.29, 1.82) is 0 Å². The van der Waals surface area contributed by atoms with E-state index in [2.05, 4.69) is 46.5 Å². The summed E-state index contributed by atoms with van der Waals surface area (Å²) in [4.78, 5) is 7.94. The SMILES string of the molecule is Cc1cc(Br)c(S(=O)(=O)NCc2ccncn2)cc1Br. The molecule has 1 aromatic heterocycles. The zero-order valence-electron chi connectivity index (χ0n) is 10.5. The second kappa shape index (κ2) is 6.30. The molecular weight excluding hydrogens is 410 g/mol. The fourth-order valence-corrected chi connectivity index (χ4v) is 4.18. The summed E-state index contributed by atoms with van der Waals surface area (Å²) in [6.45, 7) is 2.00. The van der Waals surface area contributed by atoms with Crippen molar-refractivity contribution >= 4 is 41.9 Å². The summed E-state index contributed by atoms with van der Waals surface area (Å²) in [5.41, 5.74) is 1.55. The van der Waals surface area contributed by atoms with Crippen LogP contribution < -0.4 is 4.72 Å². The van der Waals surface area contributed by atoms with Crippen molar-refractivity contribution in [1.82, 2.24) is 14.7 Å². The van der Waals surface area contributed by atoms with E-state index >= 15 is 0 Å². The molecule has 0 saturated heterocycles. The number of nitrogens with one attached hydrogen (secondary N) is 1. The standard InChI is InChI=1S/C12H11Br2N3O2S/c1-8-4-11(14)12(5-10(8)13)20(18,19)17-6-9-2-3-15-7-16-9/h2-5,7,17H,6H2,1H3. The van der Waals surface area contributed by atoms with Crippen LogP contribution >= 0.6 is 31.9 Å². The van der Waals surface area contributed by atoms with E-state index in [1.54, 1.807) is 24.4 Å². The molecule has 8 heteroatoms. The van der Waals surface area contributed by atoms with Gasteiger partial charge in [0, 0.05) is 15.1 Å². The molecule has 0 radical (unpaired) electrons. The van der Waals surface area contributed by atoms with Crippen LogP contribution in [-0.4, -0.2) is 18.4 Å². The predicted octanol–water partition coefficient (Wildman–Crippen LogP) is 2.79. The minimum absolute atomic E-state index is 0.114. The lowest BCUT2D eigenvalue weighted by atomic mass is 10.2. The van der Waals surface area contributed by atoms with Crippen LogP contribution in [0.25, 0.3) is 0 Å². The highest BCUT2D eigenvalue weighted by atomic mass is 79.9. The number of rotatable bonds is 4. The van der Waals surface area contributed by atoms with E-state index in [-0.39, 0.29) is 11.4 Å². The summed E-state index contributed by atoms with van der Waals surface area (Å²) in [5, 5.41) is 0. The number of nitrogens with zero attached hydrogens (tertiary/aromatic N) is 2. The van der Waals surface area contributed by atoms with Crippen LogP contribution in [0.15, 0.2) is 44.6 Å². The molecule has 1 N–H and O–H groups in total. The minimum atomic E-state index is -3.62. The van der Waals surface area contributed by atoms with Crippen LogP contribution in [0.2, 0.25) is 0 Å². The maximum Gasteiger partial charge on any atom is 0.242 e. The first kappa shape index (κ1) is 15.6. The van der Waals surface area contributed by atoms with Crippen molar-refractivity contribution < 1.29 is 8.42 Å². The Morgan fingerprint density at radius 2 is 2.00 bits per heavy atom. The van der Waals surface area contributed by atoms with Crippen LogP contribution in [0, 0.1) is 6.92 Å². The Kier molecular flexibility index (Phi) is 4.90. The third kappa shape index (κ3) is 3.63. The molecule has 1 heterocycles. The number of hydrogen-bond acceptors (Lipinski definition) is 4. The highest BCUT2D eigenvalue weighted by Gasteiger charge is 2.18. The van der Waals surface area contributed by atoms with Crippen molar-refractivity contribution in [3.05, 3.63) is 50.9 Å². The Labute approximate surface area is 134 Å². The lowest BCUT2D eigenvalue weighted by Gasteiger charge is -2.10. The Balaban J connectivity index is 2.25. The smallest absolute Gasteiger partial charge is 0.242 e. The van der Waals surface area contributed by atoms with Gasteiger partial charge in [-0.25, -0.2) is 23.1 Å². The quantitative estimate of drug-likeness (QED) is 0.825. The molecule has 2 rings (SSSR count). The van der Waals surface area contributed by atoms with E-state index in [0.717, 1.165) is 10.0 Å². The van der Waals surface area contributed by atoms with Gasteiger partial charge in [-0.2, -0.15) is 0 Å². The number of benzene rings is 1. The van der Waals surface area contributed by atoms with E-state index in [0.29, 0.717) is 10.2 Å². The third-order valence-corrected chi connectivity index (χ3v) is 5.80. The molecule has 0 unspecified atom stereocenters. The molecule has 20 heavy (non-hydrogen) atoms. The molecule has 1 aromatic carbocycles. The highest BCUT2D eigenvalue weighted by Crippen LogP contribution is 2.28. The van der Waals surface area contributed by atoms with E-state index in [9.17, 15) is 8.42 Å². The van der Waals surface area contributed by atoms with Crippen LogP contribution in [-0.2, 0) is 16.6 Å². The van der Waals surface area contributed by atoms with Gasteiger partial charge in [0.1, 0.15) is 6.33 Å². The van der Waals surface area contributed by atoms with Gasteiger partial charge >= 0.3 is 0 Å². The van der Waals surface area contributed by atoms with Crippen molar-refractivity contribution in [2.75, 3.05) is 0 Å². The van der Waals surface area contributed by atoms with Gasteiger partial charge < -0.3 is 0 Å². The summed E-state index contributed by atoms with van der Waals surface area (Å²) in [5.74, 6) is 0. The number of aryl methyl sites for hydroxylation is 1. The van der Waals surface area contributed by atoms with Gasteiger partial charge in [0.05, 0.1) is 17.1 Å². The second-order valence-electron chi connectivity index (χ2n) is 4.06. The summed E-state index contributed by atoms with van der Waals surface area (Å²) >= 11 is 6.61. The normalized spacial score (nSPS) is 11.6. The summed E-state index contributed by atoms with van der Waals surface area (Å²) in [7, 11) is -3.62. The topological polar surface area (TPSA) is 72.0 Å². The van der Waals surface area contributed by atoms with Crippen LogP contribution in [0.3, 0.4) is 0 Å². The maximum absolute atomic E-state index is 12.3. The number of aromatic nitrogens is 2. The number of hydrogen-bond donors (Lipinski definition) is 1. The van der Waals surface area contributed by atoms with Crippen LogP contribution in [0.5, 0.6) is 0 Å². The van der Waals surface area contributed by atoms with E-state index in [1.165, 1.54) is 6.33 Å². The summed E-state index contributed by atoms with van der Waals surface area (Å²) < 4.78 is 28.3. The molecule has 0 atom stereocenters. The monoisotopic (exact) mass is 419 g/mol. The third-order valence-electron chi connectivity index (χ3n) is 2.59. The Morgan fingerprint density at radius 1 is 1.25 bits per heavy atom. The average molecular weight is 421 g/mol. The zero-order chi connectivity index (χ0) is 14.8. The molecule has 0 amide bonds. The van der Waals surface area contributed by atoms with Gasteiger partial charge in [0.15, 0.2) is 0 Å². The molecule has 0 fully saturated rings. The Bertz CT molecular complexity index is 721. The molecule has 106 valence electrons. The predicted molar refractivity (Wildman–Crippen MR) is 82.6 cm³/mol. The molecule has 0 saturated carbocycles. The van der Waals surface area contributed by atoms with E-state index in [1.807, 2.05) is 6.92 Å². The zero-order valence-corrected chi connectivity index (χ0v) is 14.5. The maximum atomic E-state index is 12.3. The van der Waals surface area contributed by atoms with Gasteiger partial charge in [0.2, 0.25) is 10.0 Å². The Morgan fingerprint density at radius 3 is 2.65 bits per heavy atom. The van der Waals surface area contributed by atoms with Gasteiger partial charge in [-0.1, -0.05) is 15.9 Å². The van der Waals surface area contributed by atoms with E-state index in [4.69, 9.17) is 0 Å². The van der Waals surface area contributed by atoms with Crippen molar-refractivity contribution in [2.24, 2.45) is 0 Å². The average Bonchev–Trinajstić information content (AvgIpc) is 2.42. The van der Waals surface area contributed by atoms with E-state index < -0.39 is 10.0 Å². The fraction of sp³-hybridized carbons (Fsp3) is 0.167. The molecule has 0 aliphatic heterocycles. The number of halogens is 2. The lowest BCUT2D eigenvalue weighted by Crippen LogP contribution is -2.24. The largest absolute Gasteiger partial charge is 0.245 e.